The maximum absolute atomic E-state index is 13.3. The van der Waals surface area contributed by atoms with Gasteiger partial charge in [-0.3, -0.25) is 14.9 Å². The summed E-state index contributed by atoms with van der Waals surface area (Å²) in [6.45, 7) is 5.98. The first-order valence-corrected chi connectivity index (χ1v) is 10.7. The summed E-state index contributed by atoms with van der Waals surface area (Å²) in [6, 6.07) is 10.2. The third-order valence-electron chi connectivity index (χ3n) is 4.42. The Morgan fingerprint density at radius 2 is 1.91 bits per heavy atom. The van der Waals surface area contributed by atoms with Crippen molar-refractivity contribution in [2.45, 2.75) is 26.9 Å². The van der Waals surface area contributed by atoms with E-state index in [1.807, 2.05) is 20.8 Å². The van der Waals surface area contributed by atoms with Gasteiger partial charge < -0.3 is 14.2 Å². The molecular weight excluding hydrogens is 452 g/mol. The van der Waals surface area contributed by atoms with Gasteiger partial charge in [0.15, 0.2) is 16.6 Å². The third kappa shape index (κ3) is 4.87. The monoisotopic (exact) mass is 474 g/mol. The van der Waals surface area contributed by atoms with Crippen molar-refractivity contribution in [3.8, 4) is 17.2 Å². The van der Waals surface area contributed by atoms with Crippen LogP contribution in [0.1, 0.15) is 26.3 Å². The Morgan fingerprint density at radius 3 is 2.56 bits per heavy atom. The maximum atomic E-state index is 13.3. The number of halogens is 1. The standard InChI is InChI=1S/C23H23ClN2O5S/c1-5-30-19-12-14(11-16(24)20(19)31-13(2)3)10-15-21(27)25-23(32)26(22(15)28)17-8-6-7-9-18(17)29-4/h6-13H,5H2,1-4H3,(H,25,27,32)/b15-10+. The van der Waals surface area contributed by atoms with Gasteiger partial charge in [0.05, 0.1) is 30.5 Å². The summed E-state index contributed by atoms with van der Waals surface area (Å²) in [5, 5.41) is 2.83. The molecule has 3 rings (SSSR count). The Morgan fingerprint density at radius 1 is 1.19 bits per heavy atom. The highest BCUT2D eigenvalue weighted by Gasteiger charge is 2.35. The average Bonchev–Trinajstić information content (AvgIpc) is 2.74. The molecule has 1 saturated heterocycles. The summed E-state index contributed by atoms with van der Waals surface area (Å²) in [6.07, 6.45) is 1.33. The van der Waals surface area contributed by atoms with Crippen molar-refractivity contribution in [3.63, 3.8) is 0 Å². The Balaban J connectivity index is 2.06. The molecule has 2 aromatic carbocycles. The molecule has 1 heterocycles. The summed E-state index contributed by atoms with van der Waals surface area (Å²) in [5.74, 6) is 0.0707. The van der Waals surface area contributed by atoms with Gasteiger partial charge in [-0.1, -0.05) is 23.7 Å². The number of benzene rings is 2. The summed E-state index contributed by atoms with van der Waals surface area (Å²) >= 11 is 11.7. The number of nitrogens with one attached hydrogen (secondary N) is 1. The van der Waals surface area contributed by atoms with Crippen molar-refractivity contribution in [3.05, 3.63) is 52.6 Å². The molecule has 168 valence electrons. The van der Waals surface area contributed by atoms with Crippen LogP contribution >= 0.6 is 23.8 Å². The fourth-order valence-corrected chi connectivity index (χ4v) is 3.68. The minimum atomic E-state index is -0.609. The van der Waals surface area contributed by atoms with Crippen LogP contribution in [0.5, 0.6) is 17.2 Å². The molecular formula is C23H23ClN2O5S. The van der Waals surface area contributed by atoms with Crippen LogP contribution in [0.2, 0.25) is 5.02 Å². The number of amides is 2. The van der Waals surface area contributed by atoms with E-state index < -0.39 is 11.8 Å². The predicted octanol–water partition coefficient (Wildman–Crippen LogP) is 4.37. The zero-order valence-electron chi connectivity index (χ0n) is 18.1. The third-order valence-corrected chi connectivity index (χ3v) is 4.99. The molecule has 0 bridgehead atoms. The molecule has 0 spiro atoms. The molecule has 9 heteroatoms. The second kappa shape index (κ2) is 10.0. The van der Waals surface area contributed by atoms with Crippen LogP contribution < -0.4 is 24.4 Å². The van der Waals surface area contributed by atoms with E-state index in [2.05, 4.69) is 5.32 Å². The van der Waals surface area contributed by atoms with Crippen LogP contribution in [-0.4, -0.2) is 36.7 Å². The summed E-state index contributed by atoms with van der Waals surface area (Å²) in [5.41, 5.74) is 0.811. The average molecular weight is 475 g/mol. The van der Waals surface area contributed by atoms with Crippen molar-refractivity contribution >= 4 is 52.5 Å². The van der Waals surface area contributed by atoms with Crippen molar-refractivity contribution < 1.29 is 23.8 Å². The number of carbonyl (C=O) groups excluding carboxylic acids is 2. The van der Waals surface area contributed by atoms with Crippen LogP contribution in [0.15, 0.2) is 42.0 Å². The number of thiocarbonyl (C=S) groups is 1. The molecule has 1 fully saturated rings. The van der Waals surface area contributed by atoms with Gasteiger partial charge in [0, 0.05) is 0 Å². The second-order valence-electron chi connectivity index (χ2n) is 7.06. The van der Waals surface area contributed by atoms with Gasteiger partial charge in [-0.25, -0.2) is 4.90 Å². The van der Waals surface area contributed by atoms with Crippen LogP contribution in [0.4, 0.5) is 5.69 Å². The first-order valence-electron chi connectivity index (χ1n) is 9.94. The van der Waals surface area contributed by atoms with E-state index in [0.717, 1.165) is 0 Å². The molecule has 0 unspecified atom stereocenters. The highest BCUT2D eigenvalue weighted by Crippen LogP contribution is 2.38. The number of hydrogen-bond donors (Lipinski definition) is 1. The predicted molar refractivity (Wildman–Crippen MR) is 128 cm³/mol. The summed E-state index contributed by atoms with van der Waals surface area (Å²) in [7, 11) is 1.49. The lowest BCUT2D eigenvalue weighted by molar-refractivity contribution is -0.122. The fraction of sp³-hybridized carbons (Fsp3) is 0.261. The van der Waals surface area contributed by atoms with E-state index in [-0.39, 0.29) is 16.8 Å². The van der Waals surface area contributed by atoms with Gasteiger partial charge in [-0.05, 0) is 68.9 Å². The number of rotatable bonds is 7. The maximum Gasteiger partial charge on any atom is 0.270 e. The first kappa shape index (κ1) is 23.6. The number of nitrogens with zero attached hydrogens (tertiary/aromatic N) is 1. The molecule has 0 aliphatic carbocycles. The Labute approximate surface area is 196 Å². The molecule has 7 nitrogen and oxygen atoms in total. The molecule has 0 atom stereocenters. The largest absolute Gasteiger partial charge is 0.495 e. The fourth-order valence-electron chi connectivity index (χ4n) is 3.14. The van der Waals surface area contributed by atoms with Gasteiger partial charge in [-0.15, -0.1) is 0 Å². The van der Waals surface area contributed by atoms with E-state index in [4.69, 9.17) is 38.0 Å². The first-order chi connectivity index (χ1) is 15.3. The highest BCUT2D eigenvalue weighted by molar-refractivity contribution is 7.80. The number of hydrogen-bond acceptors (Lipinski definition) is 6. The van der Waals surface area contributed by atoms with Crippen molar-refractivity contribution in [1.29, 1.82) is 0 Å². The van der Waals surface area contributed by atoms with E-state index in [1.165, 1.54) is 18.1 Å². The quantitative estimate of drug-likeness (QED) is 0.365. The van der Waals surface area contributed by atoms with E-state index in [1.54, 1.807) is 36.4 Å². The molecule has 2 amide bonds. The number of carbonyl (C=O) groups is 2. The smallest absolute Gasteiger partial charge is 0.270 e. The van der Waals surface area contributed by atoms with Crippen LogP contribution in [-0.2, 0) is 9.59 Å². The minimum absolute atomic E-state index is 0.0321. The van der Waals surface area contributed by atoms with Crippen molar-refractivity contribution in [2.75, 3.05) is 18.6 Å². The van der Waals surface area contributed by atoms with Gasteiger partial charge in [-0.2, -0.15) is 0 Å². The number of ether oxygens (including phenoxy) is 3. The van der Waals surface area contributed by atoms with Crippen LogP contribution in [0, 0.1) is 0 Å². The highest BCUT2D eigenvalue weighted by atomic mass is 35.5. The lowest BCUT2D eigenvalue weighted by atomic mass is 10.1. The normalized spacial score (nSPS) is 15.2. The van der Waals surface area contributed by atoms with Gasteiger partial charge >= 0.3 is 0 Å². The van der Waals surface area contributed by atoms with E-state index in [9.17, 15) is 9.59 Å². The number of para-hydroxylation sites is 2. The van der Waals surface area contributed by atoms with Crippen LogP contribution in [0.3, 0.4) is 0 Å². The number of methoxy groups -OCH3 is 1. The Hall–Kier alpha value is -3.10. The van der Waals surface area contributed by atoms with Gasteiger partial charge in [0.2, 0.25) is 0 Å². The summed E-state index contributed by atoms with van der Waals surface area (Å²) < 4.78 is 16.8. The summed E-state index contributed by atoms with van der Waals surface area (Å²) in [4.78, 5) is 27.1. The zero-order chi connectivity index (χ0) is 23.4. The topological polar surface area (TPSA) is 77.1 Å². The number of anilines is 1. The van der Waals surface area contributed by atoms with E-state index >= 15 is 0 Å². The molecule has 2 aromatic rings. The van der Waals surface area contributed by atoms with Gasteiger partial charge in [0.1, 0.15) is 11.3 Å². The molecule has 0 radical (unpaired) electrons. The van der Waals surface area contributed by atoms with Crippen molar-refractivity contribution in [1.82, 2.24) is 5.32 Å². The molecule has 0 aromatic heterocycles. The molecule has 1 aliphatic rings. The molecule has 1 N–H and O–H groups in total. The lowest BCUT2D eigenvalue weighted by Gasteiger charge is -2.29. The minimum Gasteiger partial charge on any atom is -0.495 e. The van der Waals surface area contributed by atoms with E-state index in [0.29, 0.717) is 40.1 Å². The molecule has 32 heavy (non-hydrogen) atoms. The van der Waals surface area contributed by atoms with Crippen LogP contribution in [0.25, 0.3) is 6.08 Å². The van der Waals surface area contributed by atoms with Crippen molar-refractivity contribution in [2.24, 2.45) is 0 Å². The second-order valence-corrected chi connectivity index (χ2v) is 7.85. The Bertz CT molecular complexity index is 1100. The lowest BCUT2D eigenvalue weighted by Crippen LogP contribution is -2.54. The Kier molecular flexibility index (Phi) is 7.37. The zero-order valence-corrected chi connectivity index (χ0v) is 19.7. The SMILES string of the molecule is CCOc1cc(/C=C2\C(=O)NC(=S)N(c3ccccc3OC)C2=O)cc(Cl)c1OC(C)C. The molecule has 0 saturated carbocycles. The van der Waals surface area contributed by atoms with Gasteiger partial charge in [0.25, 0.3) is 11.8 Å². The molecule has 1 aliphatic heterocycles.